The smallest absolute Gasteiger partial charge is 0.407 e. The van der Waals surface area contributed by atoms with E-state index in [1.54, 1.807) is 6.92 Å². The largest absolute Gasteiger partial charge is 0.450 e. The van der Waals surface area contributed by atoms with Crippen LogP contribution in [0.5, 0.6) is 0 Å². The van der Waals surface area contributed by atoms with Crippen molar-refractivity contribution in [2.45, 2.75) is 63.6 Å². The molecule has 1 aliphatic rings. The number of hydrogen-bond acceptors (Lipinski definition) is 6. The van der Waals surface area contributed by atoms with Crippen LogP contribution in [0.15, 0.2) is 54.6 Å². The summed E-state index contributed by atoms with van der Waals surface area (Å²) in [7, 11) is 0. The Balaban J connectivity index is 1.77. The van der Waals surface area contributed by atoms with Crippen LogP contribution in [0.25, 0.3) is 0 Å². The van der Waals surface area contributed by atoms with Gasteiger partial charge in [-0.25, -0.2) is 4.79 Å². The van der Waals surface area contributed by atoms with Crippen LogP contribution in [0.4, 0.5) is 4.79 Å². The molecule has 194 valence electrons. The number of hydrogen-bond donors (Lipinski definition) is 3. The Morgan fingerprint density at radius 1 is 1.14 bits per heavy atom. The van der Waals surface area contributed by atoms with Crippen molar-refractivity contribution in [2.75, 3.05) is 12.5 Å². The van der Waals surface area contributed by atoms with Gasteiger partial charge in [0.2, 0.25) is 5.91 Å². The lowest BCUT2D eigenvalue weighted by Crippen LogP contribution is -2.58. The van der Waals surface area contributed by atoms with Gasteiger partial charge in [-0.3, -0.25) is 9.59 Å². The molecule has 0 radical (unpaired) electrons. The SMILES string of the molecule is CCOC(=O)NC(Cc1ccccc1)C(O)C(=O)N1CSC(C)(C)C1C(=O)NCc1ccccc1C. The Hall–Kier alpha value is -3.04. The maximum atomic E-state index is 13.5. The summed E-state index contributed by atoms with van der Waals surface area (Å²) in [6, 6.07) is 15.3. The summed E-state index contributed by atoms with van der Waals surface area (Å²) < 4.78 is 4.43. The van der Waals surface area contributed by atoms with E-state index in [0.717, 1.165) is 16.7 Å². The molecule has 2 aromatic rings. The van der Waals surface area contributed by atoms with Crippen molar-refractivity contribution in [3.8, 4) is 0 Å². The lowest BCUT2D eigenvalue weighted by Gasteiger charge is -2.33. The third-order valence-electron chi connectivity index (χ3n) is 6.30. The minimum Gasteiger partial charge on any atom is -0.450 e. The molecule has 3 atom stereocenters. The van der Waals surface area contributed by atoms with Crippen molar-refractivity contribution >= 4 is 29.7 Å². The summed E-state index contributed by atoms with van der Waals surface area (Å²) in [5.41, 5.74) is 2.90. The van der Waals surface area contributed by atoms with E-state index in [2.05, 4.69) is 10.6 Å². The molecule has 0 spiro atoms. The number of nitrogens with zero attached hydrogens (tertiary/aromatic N) is 1. The second-order valence-electron chi connectivity index (χ2n) is 9.34. The summed E-state index contributed by atoms with van der Waals surface area (Å²) in [6.45, 7) is 7.98. The number of ether oxygens (including phenoxy) is 1. The molecular weight excluding hydrogens is 478 g/mol. The summed E-state index contributed by atoms with van der Waals surface area (Å²) in [5.74, 6) is -0.642. The summed E-state index contributed by atoms with van der Waals surface area (Å²) in [4.78, 5) is 40.4. The molecule has 36 heavy (non-hydrogen) atoms. The monoisotopic (exact) mass is 513 g/mol. The van der Waals surface area contributed by atoms with Crippen LogP contribution in [-0.2, 0) is 27.3 Å². The molecule has 8 nitrogen and oxygen atoms in total. The summed E-state index contributed by atoms with van der Waals surface area (Å²) in [6.07, 6.45) is -2.05. The van der Waals surface area contributed by atoms with E-state index in [1.165, 1.54) is 16.7 Å². The molecule has 3 rings (SSSR count). The lowest BCUT2D eigenvalue weighted by molar-refractivity contribution is -0.147. The molecule has 3 unspecified atom stereocenters. The fraction of sp³-hybridized carbons (Fsp3) is 0.444. The molecule has 1 aliphatic heterocycles. The van der Waals surface area contributed by atoms with Gasteiger partial charge < -0.3 is 25.4 Å². The number of nitrogens with one attached hydrogen (secondary N) is 2. The number of thioether (sulfide) groups is 1. The normalized spacial score (nSPS) is 18.2. The Morgan fingerprint density at radius 3 is 2.47 bits per heavy atom. The zero-order chi connectivity index (χ0) is 26.3. The Kier molecular flexibility index (Phi) is 9.39. The Bertz CT molecular complexity index is 1060. The van der Waals surface area contributed by atoms with E-state index in [-0.39, 0.29) is 24.8 Å². The van der Waals surface area contributed by atoms with Crippen LogP contribution in [0.2, 0.25) is 0 Å². The summed E-state index contributed by atoms with van der Waals surface area (Å²) in [5, 5.41) is 16.7. The van der Waals surface area contributed by atoms with E-state index in [0.29, 0.717) is 6.54 Å². The first-order valence-electron chi connectivity index (χ1n) is 12.1. The second-order valence-corrected chi connectivity index (χ2v) is 10.9. The van der Waals surface area contributed by atoms with Crippen molar-refractivity contribution < 1.29 is 24.2 Å². The molecule has 9 heteroatoms. The maximum Gasteiger partial charge on any atom is 0.407 e. The van der Waals surface area contributed by atoms with Gasteiger partial charge in [-0.1, -0.05) is 54.6 Å². The minimum absolute atomic E-state index is 0.161. The first-order valence-corrected chi connectivity index (χ1v) is 13.0. The van der Waals surface area contributed by atoms with Crippen molar-refractivity contribution in [3.05, 3.63) is 71.3 Å². The third kappa shape index (κ3) is 6.79. The van der Waals surface area contributed by atoms with Crippen LogP contribution >= 0.6 is 11.8 Å². The van der Waals surface area contributed by atoms with Crippen molar-refractivity contribution in [2.24, 2.45) is 0 Å². The predicted molar refractivity (Wildman–Crippen MR) is 140 cm³/mol. The molecular formula is C27H35N3O5S. The third-order valence-corrected chi connectivity index (χ3v) is 7.68. The molecule has 1 heterocycles. The zero-order valence-electron chi connectivity index (χ0n) is 21.2. The topological polar surface area (TPSA) is 108 Å². The van der Waals surface area contributed by atoms with Gasteiger partial charge in [-0.15, -0.1) is 11.8 Å². The highest BCUT2D eigenvalue weighted by atomic mass is 32.2. The van der Waals surface area contributed by atoms with Crippen LogP contribution in [0.1, 0.15) is 37.5 Å². The van der Waals surface area contributed by atoms with Crippen LogP contribution in [0.3, 0.4) is 0 Å². The van der Waals surface area contributed by atoms with Crippen LogP contribution in [0, 0.1) is 6.92 Å². The number of aliphatic hydroxyl groups excluding tert-OH is 1. The van der Waals surface area contributed by atoms with E-state index in [1.807, 2.05) is 75.4 Å². The van der Waals surface area contributed by atoms with E-state index in [9.17, 15) is 19.5 Å². The van der Waals surface area contributed by atoms with E-state index < -0.39 is 34.9 Å². The molecule has 3 amide bonds. The van der Waals surface area contributed by atoms with Gasteiger partial charge in [0.15, 0.2) is 6.10 Å². The number of alkyl carbamates (subject to hydrolysis) is 1. The van der Waals surface area contributed by atoms with Gasteiger partial charge in [0.05, 0.1) is 18.5 Å². The van der Waals surface area contributed by atoms with Crippen LogP contribution < -0.4 is 10.6 Å². The average molecular weight is 514 g/mol. The molecule has 2 aromatic carbocycles. The minimum atomic E-state index is -1.56. The average Bonchev–Trinajstić information content (AvgIpc) is 3.17. The molecule has 0 aliphatic carbocycles. The van der Waals surface area contributed by atoms with Gasteiger partial charge in [-0.05, 0) is 50.8 Å². The van der Waals surface area contributed by atoms with Gasteiger partial charge >= 0.3 is 6.09 Å². The predicted octanol–water partition coefficient (Wildman–Crippen LogP) is 3.01. The molecule has 1 saturated heterocycles. The quantitative estimate of drug-likeness (QED) is 0.476. The molecule has 1 fully saturated rings. The fourth-order valence-electron chi connectivity index (χ4n) is 4.28. The molecule has 0 saturated carbocycles. The van der Waals surface area contributed by atoms with Gasteiger partial charge in [0.25, 0.3) is 5.91 Å². The highest BCUT2D eigenvalue weighted by molar-refractivity contribution is 8.00. The highest BCUT2D eigenvalue weighted by Gasteiger charge is 2.49. The Morgan fingerprint density at radius 2 is 1.81 bits per heavy atom. The lowest BCUT2D eigenvalue weighted by atomic mass is 9.97. The number of carbonyl (C=O) groups is 3. The molecule has 0 aromatic heterocycles. The number of rotatable bonds is 9. The fourth-order valence-corrected chi connectivity index (χ4v) is 5.42. The summed E-state index contributed by atoms with van der Waals surface area (Å²) >= 11 is 1.47. The number of aliphatic hydroxyl groups is 1. The zero-order valence-corrected chi connectivity index (χ0v) is 22.0. The highest BCUT2D eigenvalue weighted by Crippen LogP contribution is 2.40. The van der Waals surface area contributed by atoms with E-state index >= 15 is 0 Å². The first kappa shape index (κ1) is 27.5. The van der Waals surface area contributed by atoms with Crippen molar-refractivity contribution in [3.63, 3.8) is 0 Å². The number of carbonyl (C=O) groups excluding carboxylic acids is 3. The number of benzene rings is 2. The van der Waals surface area contributed by atoms with Gasteiger partial charge in [0.1, 0.15) is 6.04 Å². The van der Waals surface area contributed by atoms with Gasteiger partial charge in [0, 0.05) is 11.3 Å². The first-order chi connectivity index (χ1) is 17.1. The maximum absolute atomic E-state index is 13.5. The number of amides is 3. The van der Waals surface area contributed by atoms with Crippen molar-refractivity contribution in [1.82, 2.24) is 15.5 Å². The van der Waals surface area contributed by atoms with Gasteiger partial charge in [-0.2, -0.15) is 0 Å². The van der Waals surface area contributed by atoms with E-state index in [4.69, 9.17) is 4.74 Å². The molecule has 0 bridgehead atoms. The molecule has 3 N–H and O–H groups in total. The van der Waals surface area contributed by atoms with Crippen LogP contribution in [-0.4, -0.2) is 63.3 Å². The standard InChI is InChI=1S/C27H35N3O5S/c1-5-35-26(34)29-21(15-19-12-7-6-8-13-19)22(31)25(33)30-17-36-27(3,4)23(30)24(32)28-16-20-14-10-9-11-18(20)2/h6-14,21-23,31H,5,15-17H2,1-4H3,(H,28,32)(H,29,34). The number of aryl methyl sites for hydroxylation is 1. The Labute approximate surface area is 216 Å². The van der Waals surface area contributed by atoms with Crippen molar-refractivity contribution in [1.29, 1.82) is 0 Å². The second kappa shape index (κ2) is 12.3.